The first kappa shape index (κ1) is 18.5. The second-order valence-corrected chi connectivity index (χ2v) is 8.06. The number of nitrogens with zero attached hydrogens (tertiary/aromatic N) is 1. The summed E-state index contributed by atoms with van der Waals surface area (Å²) in [6.07, 6.45) is 0.457. The molecule has 2 rings (SSSR count). The third-order valence-electron chi connectivity index (χ3n) is 3.93. The van der Waals surface area contributed by atoms with Gasteiger partial charge in [0.05, 0.1) is 18.1 Å². The molecule has 1 unspecified atom stereocenters. The number of methoxy groups -OCH3 is 1. The van der Waals surface area contributed by atoms with Gasteiger partial charge in [0.2, 0.25) is 0 Å². The lowest BCUT2D eigenvalue weighted by Crippen LogP contribution is -2.49. The topological polar surface area (TPSA) is 84.9 Å². The van der Waals surface area contributed by atoms with Crippen LogP contribution >= 0.6 is 0 Å². The molecule has 0 saturated carbocycles. The largest absolute Gasteiger partial charge is 0.473 e. The Kier molecular flexibility index (Phi) is 6.44. The van der Waals surface area contributed by atoms with Crippen LogP contribution in [0.2, 0.25) is 0 Å². The summed E-state index contributed by atoms with van der Waals surface area (Å²) in [7, 11) is -1.52. The number of hydrogen-bond donors (Lipinski definition) is 1. The van der Waals surface area contributed by atoms with Crippen LogP contribution in [-0.4, -0.2) is 63.9 Å². The van der Waals surface area contributed by atoms with Gasteiger partial charge in [-0.15, -0.1) is 0 Å². The van der Waals surface area contributed by atoms with Crippen molar-refractivity contribution in [3.63, 3.8) is 0 Å². The Labute approximate surface area is 142 Å². The molecular weight excluding hydrogens is 332 g/mol. The smallest absolute Gasteiger partial charge is 0.320 e. The predicted molar refractivity (Wildman–Crippen MR) is 90.8 cm³/mol. The lowest BCUT2D eigenvalue weighted by atomic mass is 10.2. The highest BCUT2D eigenvalue weighted by Crippen LogP contribution is 2.18. The maximum atomic E-state index is 12.4. The fraction of sp³-hybridized carbons (Fsp3) is 0.562. The van der Waals surface area contributed by atoms with E-state index >= 15 is 0 Å². The molecule has 1 aliphatic heterocycles. The molecule has 1 aromatic rings. The van der Waals surface area contributed by atoms with Gasteiger partial charge in [-0.3, -0.25) is 0 Å². The van der Waals surface area contributed by atoms with Crippen LogP contribution in [0.1, 0.15) is 12.0 Å². The molecule has 0 aliphatic carbocycles. The van der Waals surface area contributed by atoms with Crippen LogP contribution < -0.4 is 10.1 Å². The third kappa shape index (κ3) is 5.38. The second-order valence-electron chi connectivity index (χ2n) is 5.83. The molecule has 0 spiro atoms. The van der Waals surface area contributed by atoms with E-state index in [-0.39, 0.29) is 30.3 Å². The van der Waals surface area contributed by atoms with Crippen molar-refractivity contribution in [2.45, 2.75) is 19.4 Å². The Morgan fingerprint density at radius 1 is 1.33 bits per heavy atom. The highest BCUT2D eigenvalue weighted by molar-refractivity contribution is 7.91. The molecule has 1 heterocycles. The minimum atomic E-state index is -3.06. The number of hydrogen-bond acceptors (Lipinski definition) is 5. The van der Waals surface area contributed by atoms with Crippen molar-refractivity contribution in [2.75, 3.05) is 38.5 Å². The predicted octanol–water partition coefficient (Wildman–Crippen LogP) is 1.18. The first-order chi connectivity index (χ1) is 11.4. The van der Waals surface area contributed by atoms with Gasteiger partial charge in [0.1, 0.15) is 5.75 Å². The third-order valence-corrected chi connectivity index (χ3v) is 5.68. The molecule has 1 atom stereocenters. The number of aryl methyl sites for hydroxylation is 1. The van der Waals surface area contributed by atoms with Crippen molar-refractivity contribution in [2.24, 2.45) is 0 Å². The Bertz CT molecular complexity index is 645. The van der Waals surface area contributed by atoms with Gasteiger partial charge in [-0.1, -0.05) is 17.7 Å². The molecular formula is C16H24N2O5S. The summed E-state index contributed by atoms with van der Waals surface area (Å²) in [6, 6.07) is 6.84. The molecule has 1 aromatic carbocycles. The van der Waals surface area contributed by atoms with Crippen LogP contribution in [0, 0.1) is 6.92 Å². The minimum absolute atomic E-state index is 0.00293. The number of sulfone groups is 1. The van der Waals surface area contributed by atoms with Gasteiger partial charge < -0.3 is 19.7 Å². The number of amides is 2. The number of rotatable bonds is 7. The van der Waals surface area contributed by atoms with Crippen molar-refractivity contribution < 1.29 is 22.7 Å². The highest BCUT2D eigenvalue weighted by atomic mass is 32.2. The molecule has 1 aliphatic rings. The molecule has 0 radical (unpaired) electrons. The maximum absolute atomic E-state index is 12.4. The zero-order valence-electron chi connectivity index (χ0n) is 14.0. The molecule has 134 valence electrons. The van der Waals surface area contributed by atoms with E-state index in [1.807, 2.05) is 31.2 Å². The Balaban J connectivity index is 1.88. The molecule has 8 heteroatoms. The first-order valence-corrected chi connectivity index (χ1v) is 9.67. The molecule has 7 nitrogen and oxygen atoms in total. The van der Waals surface area contributed by atoms with Crippen LogP contribution in [0.15, 0.2) is 24.3 Å². The van der Waals surface area contributed by atoms with Gasteiger partial charge in [-0.05, 0) is 25.5 Å². The normalized spacial score (nSPS) is 19.0. The molecule has 1 fully saturated rings. The average molecular weight is 356 g/mol. The van der Waals surface area contributed by atoms with E-state index in [1.165, 1.54) is 4.90 Å². The quantitative estimate of drug-likeness (QED) is 0.742. The van der Waals surface area contributed by atoms with Crippen LogP contribution in [0.5, 0.6) is 5.75 Å². The number of nitrogens with one attached hydrogen (secondary N) is 1. The Morgan fingerprint density at radius 2 is 2.04 bits per heavy atom. The number of carbonyl (C=O) groups excluding carboxylic acids is 1. The van der Waals surface area contributed by atoms with Crippen molar-refractivity contribution >= 4 is 15.9 Å². The van der Waals surface area contributed by atoms with Crippen LogP contribution in [-0.2, 0) is 14.6 Å². The van der Waals surface area contributed by atoms with Gasteiger partial charge >= 0.3 is 6.03 Å². The SMILES string of the molecule is COCCN(C(=O)NCOc1ccc(C)cc1)C1CCS(=O)(=O)C1. The summed E-state index contributed by atoms with van der Waals surface area (Å²) < 4.78 is 33.8. The number of urea groups is 1. The Hall–Kier alpha value is -1.80. The molecule has 1 saturated heterocycles. The van der Waals surface area contributed by atoms with Crippen molar-refractivity contribution in [1.82, 2.24) is 10.2 Å². The standard InChI is InChI=1S/C16H24N2O5S/c1-13-3-5-15(6-4-13)23-12-17-16(19)18(8-9-22-2)14-7-10-24(20,21)11-14/h3-6,14H,7-12H2,1-2H3,(H,17,19). The van der Waals surface area contributed by atoms with Crippen LogP contribution in [0.3, 0.4) is 0 Å². The second kappa shape index (κ2) is 8.34. The summed E-state index contributed by atoms with van der Waals surface area (Å²) in [5.74, 6) is 0.782. The lowest BCUT2D eigenvalue weighted by Gasteiger charge is -2.28. The van der Waals surface area contributed by atoms with E-state index in [0.717, 1.165) is 5.56 Å². The molecule has 24 heavy (non-hydrogen) atoms. The van der Waals surface area contributed by atoms with E-state index in [1.54, 1.807) is 7.11 Å². The van der Waals surface area contributed by atoms with Gasteiger partial charge in [0.15, 0.2) is 16.6 Å². The van der Waals surface area contributed by atoms with Crippen LogP contribution in [0.25, 0.3) is 0 Å². The van der Waals surface area contributed by atoms with E-state index in [0.29, 0.717) is 25.3 Å². The fourth-order valence-electron chi connectivity index (χ4n) is 2.58. The van der Waals surface area contributed by atoms with Crippen molar-refractivity contribution in [3.8, 4) is 5.75 Å². The summed E-state index contributed by atoms with van der Waals surface area (Å²) in [5.41, 5.74) is 1.12. The van der Waals surface area contributed by atoms with Crippen LogP contribution in [0.4, 0.5) is 4.79 Å². The molecule has 1 N–H and O–H groups in total. The fourth-order valence-corrected chi connectivity index (χ4v) is 4.31. The summed E-state index contributed by atoms with van der Waals surface area (Å²) in [4.78, 5) is 13.9. The van der Waals surface area contributed by atoms with Gasteiger partial charge in [-0.25, -0.2) is 13.2 Å². The molecule has 0 aromatic heterocycles. The Morgan fingerprint density at radius 3 is 2.62 bits per heavy atom. The number of ether oxygens (including phenoxy) is 2. The zero-order chi connectivity index (χ0) is 17.6. The first-order valence-electron chi connectivity index (χ1n) is 7.84. The average Bonchev–Trinajstić information content (AvgIpc) is 2.89. The molecule has 0 bridgehead atoms. The van der Waals surface area contributed by atoms with E-state index in [9.17, 15) is 13.2 Å². The minimum Gasteiger partial charge on any atom is -0.473 e. The highest BCUT2D eigenvalue weighted by Gasteiger charge is 2.34. The number of benzene rings is 1. The van der Waals surface area contributed by atoms with Crippen molar-refractivity contribution in [1.29, 1.82) is 0 Å². The monoisotopic (exact) mass is 356 g/mol. The van der Waals surface area contributed by atoms with Gasteiger partial charge in [0.25, 0.3) is 0 Å². The summed E-state index contributed by atoms with van der Waals surface area (Å²) in [6.45, 7) is 2.69. The summed E-state index contributed by atoms with van der Waals surface area (Å²) in [5, 5.41) is 2.67. The van der Waals surface area contributed by atoms with E-state index < -0.39 is 9.84 Å². The lowest BCUT2D eigenvalue weighted by molar-refractivity contribution is 0.129. The maximum Gasteiger partial charge on any atom is 0.320 e. The van der Waals surface area contributed by atoms with Gasteiger partial charge in [0, 0.05) is 19.7 Å². The van der Waals surface area contributed by atoms with E-state index in [2.05, 4.69) is 5.32 Å². The molecule has 2 amide bonds. The van der Waals surface area contributed by atoms with E-state index in [4.69, 9.17) is 9.47 Å². The summed E-state index contributed by atoms with van der Waals surface area (Å²) >= 11 is 0. The number of carbonyl (C=O) groups is 1. The van der Waals surface area contributed by atoms with Gasteiger partial charge in [-0.2, -0.15) is 0 Å². The zero-order valence-corrected chi connectivity index (χ0v) is 14.8. The van der Waals surface area contributed by atoms with Crippen molar-refractivity contribution in [3.05, 3.63) is 29.8 Å².